The average Bonchev–Trinajstić information content (AvgIpc) is 2.43. The topological polar surface area (TPSA) is 21.3 Å². The van der Waals surface area contributed by atoms with E-state index in [1.165, 1.54) is 0 Å². The second-order valence-electron chi connectivity index (χ2n) is 2.65. The Kier molecular flexibility index (Phi) is 1.26. The predicted octanol–water partition coefficient (Wildman–Crippen LogP) is 1.57. The molecule has 0 radical (unpaired) electrons. The van der Waals surface area contributed by atoms with Crippen molar-refractivity contribution in [3.63, 3.8) is 0 Å². The highest BCUT2D eigenvalue weighted by atomic mass is 16.5. The van der Waals surface area contributed by atoms with E-state index in [9.17, 15) is 0 Å². The normalized spacial score (nSPS) is 47.2. The zero-order valence-corrected chi connectivity index (χ0v) is 7.00. The highest BCUT2D eigenvalue weighted by molar-refractivity contribution is 5.14. The van der Waals surface area contributed by atoms with Crippen LogP contribution in [0.1, 0.15) is 21.5 Å². The first-order chi connectivity index (χ1) is 9.04. The first-order valence-electron chi connectivity index (χ1n) is 7.53. The molecule has 0 aliphatic carbocycles. The van der Waals surface area contributed by atoms with Gasteiger partial charge in [0.15, 0.2) is 0 Å². The van der Waals surface area contributed by atoms with Crippen LogP contribution < -0.4 is 5.32 Å². The zero-order valence-electron chi connectivity index (χ0n) is 14.0. The van der Waals surface area contributed by atoms with Gasteiger partial charge in [-0.25, -0.2) is 0 Å². The van der Waals surface area contributed by atoms with Crippen LogP contribution in [0.2, 0.25) is 0 Å². The molecule has 1 aliphatic rings. The van der Waals surface area contributed by atoms with Crippen LogP contribution >= 0.6 is 0 Å². The Morgan fingerprint density at radius 2 is 2.38 bits per heavy atom. The van der Waals surface area contributed by atoms with Crippen molar-refractivity contribution < 1.29 is 14.3 Å². The molecule has 0 spiro atoms. The van der Waals surface area contributed by atoms with Gasteiger partial charge in [-0.3, -0.25) is 0 Å². The van der Waals surface area contributed by atoms with E-state index >= 15 is 0 Å². The lowest BCUT2D eigenvalue weighted by Gasteiger charge is -2.09. The van der Waals surface area contributed by atoms with Gasteiger partial charge in [-0.15, -0.1) is 0 Å². The molecule has 1 atom stereocenters. The summed E-state index contributed by atoms with van der Waals surface area (Å²) in [6, 6.07) is 6.26. The van der Waals surface area contributed by atoms with Gasteiger partial charge in [0.05, 0.1) is 12.0 Å². The van der Waals surface area contributed by atoms with Crippen molar-refractivity contribution in [3.8, 4) is 0 Å². The summed E-state index contributed by atoms with van der Waals surface area (Å²) in [5.41, 5.74) is 0.734. The molecule has 2 rings (SSSR count). The monoisotopic (exact) mass is 184 g/mol. The molecule has 1 aromatic rings. The number of ether oxygens (including phenoxy) is 1. The van der Waals surface area contributed by atoms with E-state index in [2.05, 4.69) is 10.1 Å². The Balaban J connectivity index is 2.27. The molecular weight excluding hydrogens is 162 g/mol. The van der Waals surface area contributed by atoms with Gasteiger partial charge in [-0.1, -0.05) is 30.3 Å². The molecular formula is C11H15NO. The van der Waals surface area contributed by atoms with Crippen molar-refractivity contribution in [2.45, 2.75) is 18.9 Å². The van der Waals surface area contributed by atoms with Crippen molar-refractivity contribution in [2.24, 2.45) is 0 Å². The minimum absolute atomic E-state index is 0.0306. The van der Waals surface area contributed by atoms with Gasteiger partial charge in [0, 0.05) is 23.2 Å². The highest BCUT2D eigenvalue weighted by Gasteiger charge is 2.13. The Labute approximate surface area is 88.7 Å². The zero-order chi connectivity index (χ0) is 15.2. The molecule has 1 N–H and O–H groups in total. The van der Waals surface area contributed by atoms with Crippen LogP contribution in [0, 0.1) is 0 Å². The molecule has 13 heavy (non-hydrogen) atoms. The standard InChI is InChI=1S/C11H15NO/c1-2-4-10(5-3-1)8-12-11-6-7-13-9-11/h1-5,11-12H,6-9H2/i6D2,7D2,9D2,11D. The molecule has 1 aliphatic heterocycles. The van der Waals surface area contributed by atoms with E-state index in [1.54, 1.807) is 30.3 Å². The minimum Gasteiger partial charge on any atom is -0.380 e. The Bertz CT molecular complexity index is 493. The van der Waals surface area contributed by atoms with Crippen LogP contribution in [0.5, 0.6) is 0 Å². The van der Waals surface area contributed by atoms with Crippen LogP contribution in [0.15, 0.2) is 30.3 Å². The van der Waals surface area contributed by atoms with Gasteiger partial charge in [-0.2, -0.15) is 0 Å². The van der Waals surface area contributed by atoms with Gasteiger partial charge in [0.2, 0.25) is 0 Å². The Morgan fingerprint density at radius 3 is 3.08 bits per heavy atom. The number of hydrogen-bond acceptors (Lipinski definition) is 2. The van der Waals surface area contributed by atoms with E-state index in [1.807, 2.05) is 0 Å². The van der Waals surface area contributed by atoms with Gasteiger partial charge in [0.1, 0.15) is 0 Å². The lowest BCUT2D eigenvalue weighted by molar-refractivity contribution is 0.190. The molecule has 0 saturated carbocycles. The summed E-state index contributed by atoms with van der Waals surface area (Å²) >= 11 is 0. The summed E-state index contributed by atoms with van der Waals surface area (Å²) in [6.07, 6.45) is -2.85. The minimum atomic E-state index is -2.89. The summed E-state index contributed by atoms with van der Waals surface area (Å²) in [5.74, 6) is 0. The average molecular weight is 184 g/mol. The van der Waals surface area contributed by atoms with Crippen LogP contribution in [0.3, 0.4) is 0 Å². The molecule has 1 heterocycles. The molecule has 1 fully saturated rings. The third-order valence-corrected chi connectivity index (χ3v) is 1.69. The summed E-state index contributed by atoms with van der Waals surface area (Å²) < 4.78 is 58.2. The van der Waals surface area contributed by atoms with Crippen molar-refractivity contribution >= 4 is 0 Å². The van der Waals surface area contributed by atoms with Crippen molar-refractivity contribution in [1.82, 2.24) is 5.32 Å². The lowest BCUT2D eigenvalue weighted by Crippen LogP contribution is -2.28. The third kappa shape index (κ3) is 2.54. The summed E-state index contributed by atoms with van der Waals surface area (Å²) in [7, 11) is 0. The van der Waals surface area contributed by atoms with E-state index < -0.39 is 25.5 Å². The van der Waals surface area contributed by atoms with Crippen LogP contribution in [0.25, 0.3) is 0 Å². The summed E-state index contributed by atoms with van der Waals surface area (Å²) in [4.78, 5) is 0. The largest absolute Gasteiger partial charge is 0.380 e. The Hall–Kier alpha value is -0.860. The van der Waals surface area contributed by atoms with E-state index in [-0.39, 0.29) is 6.54 Å². The molecule has 1 unspecified atom stereocenters. The summed E-state index contributed by atoms with van der Waals surface area (Å²) in [5, 5.41) is 2.46. The molecule has 0 aromatic heterocycles. The quantitative estimate of drug-likeness (QED) is 0.770. The SMILES string of the molecule is [2H]C1([2H])OC([2H])([2H])C([2H])(NCc2ccccc2)C1([2H])[2H]. The van der Waals surface area contributed by atoms with E-state index in [4.69, 9.17) is 9.60 Å². The predicted molar refractivity (Wildman–Crippen MR) is 52.5 cm³/mol. The fourth-order valence-electron chi connectivity index (χ4n) is 1.05. The Morgan fingerprint density at radius 1 is 1.54 bits per heavy atom. The molecule has 2 nitrogen and oxygen atoms in total. The van der Waals surface area contributed by atoms with Gasteiger partial charge in [-0.05, 0) is 11.9 Å². The second-order valence-corrected chi connectivity index (χ2v) is 2.65. The lowest BCUT2D eigenvalue weighted by atomic mass is 10.2. The molecule has 1 aromatic carbocycles. The maximum absolute atomic E-state index is 8.06. The van der Waals surface area contributed by atoms with Crippen molar-refractivity contribution in [1.29, 1.82) is 0 Å². The smallest absolute Gasteiger partial charge is 0.0620 e. The van der Waals surface area contributed by atoms with Gasteiger partial charge < -0.3 is 10.1 Å². The number of hydrogen-bond donors (Lipinski definition) is 1. The fourth-order valence-corrected chi connectivity index (χ4v) is 1.05. The van der Waals surface area contributed by atoms with Crippen molar-refractivity contribution in [2.75, 3.05) is 13.1 Å². The molecule has 2 heteroatoms. The van der Waals surface area contributed by atoms with Gasteiger partial charge in [0.25, 0.3) is 0 Å². The number of nitrogens with one attached hydrogen (secondary N) is 1. The van der Waals surface area contributed by atoms with Gasteiger partial charge >= 0.3 is 0 Å². The third-order valence-electron chi connectivity index (χ3n) is 1.69. The van der Waals surface area contributed by atoms with Crippen molar-refractivity contribution in [3.05, 3.63) is 35.9 Å². The van der Waals surface area contributed by atoms with E-state index in [0.29, 0.717) is 0 Å². The molecule has 0 amide bonds. The number of rotatable bonds is 3. The molecule has 1 saturated heterocycles. The maximum atomic E-state index is 8.06. The fraction of sp³-hybridized carbons (Fsp3) is 0.455. The molecule has 70 valence electrons. The van der Waals surface area contributed by atoms with Crippen LogP contribution in [0.4, 0.5) is 0 Å². The van der Waals surface area contributed by atoms with Crippen LogP contribution in [-0.2, 0) is 11.3 Å². The highest BCUT2D eigenvalue weighted by Crippen LogP contribution is 2.05. The molecule has 0 bridgehead atoms. The summed E-state index contributed by atoms with van der Waals surface area (Å²) in [6.45, 7) is -5.65. The first kappa shape index (κ1) is 3.71. The number of benzene rings is 1. The maximum Gasteiger partial charge on any atom is 0.0620 e. The van der Waals surface area contributed by atoms with E-state index in [0.717, 1.165) is 5.56 Å². The van der Waals surface area contributed by atoms with Crippen LogP contribution in [-0.4, -0.2) is 19.1 Å². The second kappa shape index (κ2) is 4.40. The first-order valence-corrected chi connectivity index (χ1v) is 4.03.